The van der Waals surface area contributed by atoms with Crippen molar-refractivity contribution in [2.24, 2.45) is 4.99 Å². The van der Waals surface area contributed by atoms with E-state index < -0.39 is 5.60 Å². The van der Waals surface area contributed by atoms with E-state index in [9.17, 15) is 4.79 Å². The first-order chi connectivity index (χ1) is 12.0. The number of nitrogens with one attached hydrogen (secondary N) is 1. The van der Waals surface area contributed by atoms with Gasteiger partial charge in [0, 0.05) is 42.6 Å². The summed E-state index contributed by atoms with van der Waals surface area (Å²) in [6, 6.07) is 0.250. The lowest BCUT2D eigenvalue weighted by Gasteiger charge is -2.46. The molecule has 0 aliphatic carbocycles. The molecule has 0 aromatic heterocycles. The molecule has 0 saturated carbocycles. The van der Waals surface area contributed by atoms with Crippen LogP contribution < -0.4 is 5.32 Å². The van der Waals surface area contributed by atoms with Gasteiger partial charge in [0.1, 0.15) is 11.4 Å². The van der Waals surface area contributed by atoms with E-state index in [-0.39, 0.29) is 18.2 Å². The van der Waals surface area contributed by atoms with Gasteiger partial charge in [-0.2, -0.15) is 0 Å². The van der Waals surface area contributed by atoms with Gasteiger partial charge in [-0.05, 0) is 60.2 Å². The topological polar surface area (TPSA) is 57.2 Å². The van der Waals surface area contributed by atoms with Crippen molar-refractivity contribution in [1.29, 1.82) is 0 Å². The van der Waals surface area contributed by atoms with E-state index in [0.717, 1.165) is 29.2 Å². The predicted molar refractivity (Wildman–Crippen MR) is 106 cm³/mol. The van der Waals surface area contributed by atoms with Gasteiger partial charge in [-0.1, -0.05) is 6.58 Å². The minimum absolute atomic E-state index is 0.0649. The van der Waals surface area contributed by atoms with Crippen LogP contribution in [0.4, 0.5) is 4.79 Å². The first-order valence-electron chi connectivity index (χ1n) is 9.15. The van der Waals surface area contributed by atoms with Crippen LogP contribution in [0.25, 0.3) is 0 Å². The monoisotopic (exact) mass is 360 g/mol. The summed E-state index contributed by atoms with van der Waals surface area (Å²) in [6.45, 7) is 19.2. The van der Waals surface area contributed by atoms with Gasteiger partial charge >= 0.3 is 6.09 Å². The van der Waals surface area contributed by atoms with Crippen LogP contribution in [0.2, 0.25) is 0 Å². The molecule has 1 N–H and O–H groups in total. The van der Waals surface area contributed by atoms with Crippen LogP contribution in [0.15, 0.2) is 40.8 Å². The quantitative estimate of drug-likeness (QED) is 0.817. The fraction of sp³-hybridized carbons (Fsp3) is 0.600. The summed E-state index contributed by atoms with van der Waals surface area (Å²) in [5, 5.41) is 3.12. The molecule has 1 fully saturated rings. The number of piperazine rings is 1. The lowest BCUT2D eigenvalue weighted by atomic mass is 10.0. The molecule has 0 aromatic rings. The Kier molecular flexibility index (Phi) is 5.84. The van der Waals surface area contributed by atoms with E-state index in [4.69, 9.17) is 4.74 Å². The Hall–Kier alpha value is -2.24. The SMILES string of the molecule is C=CNC1=NC=C(C)/C1=C(/C)N1C[C@@H](C)N(C(=O)OC(C)(C)C)C[C@@H]1C. The highest BCUT2D eigenvalue weighted by atomic mass is 16.6. The second-order valence-electron chi connectivity index (χ2n) is 8.08. The van der Waals surface area contributed by atoms with Crippen LogP contribution in [0.3, 0.4) is 0 Å². The molecule has 0 spiro atoms. The molecule has 2 aliphatic heterocycles. The van der Waals surface area contributed by atoms with E-state index >= 15 is 0 Å². The maximum atomic E-state index is 12.5. The zero-order valence-electron chi connectivity index (χ0n) is 17.1. The van der Waals surface area contributed by atoms with Crippen molar-refractivity contribution < 1.29 is 9.53 Å². The fourth-order valence-electron chi connectivity index (χ4n) is 3.45. The van der Waals surface area contributed by atoms with Crippen LogP contribution in [0.5, 0.6) is 0 Å². The molecule has 2 rings (SSSR count). The molecular formula is C20H32N4O2. The lowest BCUT2D eigenvalue weighted by molar-refractivity contribution is -0.00418. The van der Waals surface area contributed by atoms with Crippen LogP contribution in [0, 0.1) is 0 Å². The second-order valence-corrected chi connectivity index (χ2v) is 8.08. The summed E-state index contributed by atoms with van der Waals surface area (Å²) < 4.78 is 5.56. The Morgan fingerprint density at radius 1 is 1.31 bits per heavy atom. The van der Waals surface area contributed by atoms with Gasteiger partial charge in [0.15, 0.2) is 0 Å². The zero-order valence-corrected chi connectivity index (χ0v) is 17.1. The number of amides is 1. The van der Waals surface area contributed by atoms with Crippen LogP contribution in [-0.4, -0.2) is 52.5 Å². The number of nitrogens with zero attached hydrogens (tertiary/aromatic N) is 3. The van der Waals surface area contributed by atoms with Gasteiger partial charge in [0.25, 0.3) is 0 Å². The maximum Gasteiger partial charge on any atom is 0.410 e. The molecule has 144 valence electrons. The molecule has 0 radical (unpaired) electrons. The highest BCUT2D eigenvalue weighted by molar-refractivity contribution is 6.05. The summed E-state index contributed by atoms with van der Waals surface area (Å²) in [5.41, 5.74) is 2.91. The van der Waals surface area contributed by atoms with Crippen molar-refractivity contribution >= 4 is 11.9 Å². The first-order valence-corrected chi connectivity index (χ1v) is 9.15. The standard InChI is InChI=1S/C20H32N4O2/c1-9-21-18-17(13(2)10-22-18)16(5)23-11-15(4)24(12-14(23)3)19(25)26-20(6,7)8/h9-10,14-15H,1,11-12H2,2-8H3,(H,21,22)/b17-16+/t14-,15+/m0/s1. The Labute approximate surface area is 157 Å². The fourth-order valence-corrected chi connectivity index (χ4v) is 3.45. The van der Waals surface area contributed by atoms with Gasteiger partial charge < -0.3 is 19.9 Å². The van der Waals surface area contributed by atoms with Gasteiger partial charge in [-0.25, -0.2) is 9.79 Å². The molecule has 0 unspecified atom stereocenters. The highest BCUT2D eigenvalue weighted by Gasteiger charge is 2.35. The number of hydrogen-bond acceptors (Lipinski definition) is 5. The maximum absolute atomic E-state index is 12.5. The normalized spacial score (nSPS) is 25.5. The number of hydrogen-bond donors (Lipinski definition) is 1. The third-order valence-electron chi connectivity index (χ3n) is 4.66. The summed E-state index contributed by atoms with van der Waals surface area (Å²) >= 11 is 0. The molecule has 2 atom stereocenters. The number of allylic oxidation sites excluding steroid dienone is 1. The zero-order chi connectivity index (χ0) is 19.6. The van der Waals surface area contributed by atoms with Gasteiger partial charge in [0.05, 0.1) is 0 Å². The van der Waals surface area contributed by atoms with E-state index in [2.05, 4.69) is 49.5 Å². The van der Waals surface area contributed by atoms with Crippen molar-refractivity contribution in [1.82, 2.24) is 15.1 Å². The Balaban J connectivity index is 2.20. The van der Waals surface area contributed by atoms with Gasteiger partial charge in [-0.15, -0.1) is 0 Å². The number of rotatable bonds is 2. The predicted octanol–water partition coefficient (Wildman–Crippen LogP) is 3.64. The van der Waals surface area contributed by atoms with Gasteiger partial charge in [-0.3, -0.25) is 0 Å². The molecule has 0 bridgehead atoms. The van der Waals surface area contributed by atoms with Crippen molar-refractivity contribution in [2.75, 3.05) is 13.1 Å². The minimum Gasteiger partial charge on any atom is -0.444 e. The smallest absolute Gasteiger partial charge is 0.410 e. The van der Waals surface area contributed by atoms with E-state index in [1.54, 1.807) is 6.20 Å². The highest BCUT2D eigenvalue weighted by Crippen LogP contribution is 2.28. The van der Waals surface area contributed by atoms with Crippen LogP contribution in [0.1, 0.15) is 48.5 Å². The minimum atomic E-state index is -0.484. The molecule has 2 aliphatic rings. The Bertz CT molecular complexity index is 670. The number of carbonyl (C=O) groups excluding carboxylic acids is 1. The largest absolute Gasteiger partial charge is 0.444 e. The summed E-state index contributed by atoms with van der Waals surface area (Å²) in [6.07, 6.45) is 3.27. The molecule has 6 heteroatoms. The third kappa shape index (κ3) is 4.29. The molecule has 26 heavy (non-hydrogen) atoms. The molecule has 2 heterocycles. The third-order valence-corrected chi connectivity index (χ3v) is 4.66. The van der Waals surface area contributed by atoms with Crippen molar-refractivity contribution in [2.45, 2.75) is 66.2 Å². The Morgan fingerprint density at radius 3 is 2.46 bits per heavy atom. The number of carbonyl (C=O) groups is 1. The number of amidine groups is 1. The summed E-state index contributed by atoms with van der Waals surface area (Å²) in [7, 11) is 0. The Morgan fingerprint density at radius 2 is 1.88 bits per heavy atom. The number of ether oxygens (including phenoxy) is 1. The molecule has 1 saturated heterocycles. The van der Waals surface area contributed by atoms with Crippen LogP contribution in [-0.2, 0) is 4.74 Å². The van der Waals surface area contributed by atoms with E-state index in [0.29, 0.717) is 6.54 Å². The lowest BCUT2D eigenvalue weighted by Crippen LogP contribution is -2.58. The molecular weight excluding hydrogens is 328 g/mol. The number of aliphatic imine (C=N–C) groups is 1. The molecule has 0 aromatic carbocycles. The van der Waals surface area contributed by atoms with E-state index in [1.165, 1.54) is 0 Å². The van der Waals surface area contributed by atoms with Crippen molar-refractivity contribution in [3.63, 3.8) is 0 Å². The van der Waals surface area contributed by atoms with Crippen molar-refractivity contribution in [3.05, 3.63) is 35.8 Å². The summed E-state index contributed by atoms with van der Waals surface area (Å²) in [4.78, 5) is 21.1. The average Bonchev–Trinajstić information content (AvgIpc) is 2.88. The molecule has 1 amide bonds. The molecule has 6 nitrogen and oxygen atoms in total. The van der Waals surface area contributed by atoms with Crippen molar-refractivity contribution in [3.8, 4) is 0 Å². The average molecular weight is 361 g/mol. The van der Waals surface area contributed by atoms with Gasteiger partial charge in [0.2, 0.25) is 0 Å². The van der Waals surface area contributed by atoms with E-state index in [1.807, 2.05) is 31.9 Å². The van der Waals surface area contributed by atoms with Crippen LogP contribution >= 0.6 is 0 Å². The summed E-state index contributed by atoms with van der Waals surface area (Å²) in [5.74, 6) is 0.824. The second kappa shape index (κ2) is 7.56. The first kappa shape index (κ1) is 20.1.